The zero-order valence-electron chi connectivity index (χ0n) is 16.2. The van der Waals surface area contributed by atoms with Crippen LogP contribution in [0.4, 0.5) is 17.1 Å². The van der Waals surface area contributed by atoms with Crippen LogP contribution in [0.1, 0.15) is 9.67 Å². The van der Waals surface area contributed by atoms with Crippen LogP contribution in [0, 0.1) is 0 Å². The molecule has 1 amide bonds. The number of fused-ring (bicyclic) bond motifs is 1. The second kappa shape index (κ2) is 8.59. The Morgan fingerprint density at radius 2 is 1.45 bits per heavy atom. The first-order valence-electron chi connectivity index (χ1n) is 9.59. The highest BCUT2D eigenvalue weighted by Gasteiger charge is 2.13. The van der Waals surface area contributed by atoms with E-state index in [1.807, 2.05) is 84.9 Å². The lowest BCUT2D eigenvalue weighted by Gasteiger charge is -2.03. The van der Waals surface area contributed by atoms with E-state index in [4.69, 9.17) is 0 Å². The Morgan fingerprint density at radius 3 is 2.23 bits per heavy atom. The molecule has 0 saturated heterocycles. The standard InChI is InChI=1S/C24H16N4OS2/c29-23(21-14-15-22(30-21)24-26-19-8-4-5-9-20(19)31-24)25-16-10-12-18(13-11-16)28-27-17-6-2-1-3-7-17/h1-15H,(H,25,29). The highest BCUT2D eigenvalue weighted by Crippen LogP contribution is 2.34. The number of hydrogen-bond acceptors (Lipinski definition) is 6. The van der Waals surface area contributed by atoms with Crippen LogP contribution in [0.3, 0.4) is 0 Å². The van der Waals surface area contributed by atoms with Crippen molar-refractivity contribution in [2.24, 2.45) is 10.2 Å². The summed E-state index contributed by atoms with van der Waals surface area (Å²) in [6.07, 6.45) is 0. The second-order valence-electron chi connectivity index (χ2n) is 6.69. The molecule has 3 aromatic carbocycles. The van der Waals surface area contributed by atoms with E-state index in [9.17, 15) is 4.79 Å². The molecule has 0 unspecified atom stereocenters. The number of rotatable bonds is 5. The van der Waals surface area contributed by atoms with Gasteiger partial charge in [-0.2, -0.15) is 10.2 Å². The van der Waals surface area contributed by atoms with E-state index in [1.54, 1.807) is 11.3 Å². The van der Waals surface area contributed by atoms with E-state index in [-0.39, 0.29) is 5.91 Å². The van der Waals surface area contributed by atoms with E-state index in [0.717, 1.165) is 31.5 Å². The zero-order valence-corrected chi connectivity index (χ0v) is 17.9. The van der Waals surface area contributed by atoms with Crippen LogP contribution in [-0.2, 0) is 0 Å². The first kappa shape index (κ1) is 19.3. The molecule has 5 aromatic rings. The summed E-state index contributed by atoms with van der Waals surface area (Å²) in [5.41, 5.74) is 3.20. The smallest absolute Gasteiger partial charge is 0.265 e. The summed E-state index contributed by atoms with van der Waals surface area (Å²) in [5, 5.41) is 12.3. The molecule has 0 spiro atoms. The maximum atomic E-state index is 12.7. The van der Waals surface area contributed by atoms with E-state index in [0.29, 0.717) is 10.6 Å². The lowest BCUT2D eigenvalue weighted by molar-refractivity contribution is 0.103. The normalized spacial score (nSPS) is 11.2. The Hall–Kier alpha value is -3.68. The number of carbonyl (C=O) groups excluding carboxylic acids is 1. The van der Waals surface area contributed by atoms with Gasteiger partial charge in [0.05, 0.1) is 31.3 Å². The predicted octanol–water partition coefficient (Wildman–Crippen LogP) is 7.69. The minimum Gasteiger partial charge on any atom is -0.321 e. The highest BCUT2D eigenvalue weighted by atomic mass is 32.1. The number of amides is 1. The first-order valence-corrected chi connectivity index (χ1v) is 11.2. The number of nitrogens with zero attached hydrogens (tertiary/aromatic N) is 3. The Balaban J connectivity index is 1.26. The molecule has 5 rings (SSSR count). The number of thiophene rings is 1. The highest BCUT2D eigenvalue weighted by molar-refractivity contribution is 7.26. The molecule has 1 N–H and O–H groups in total. The number of para-hydroxylation sites is 1. The Labute approximate surface area is 186 Å². The Morgan fingerprint density at radius 1 is 0.742 bits per heavy atom. The lowest BCUT2D eigenvalue weighted by atomic mass is 10.3. The van der Waals surface area contributed by atoms with Gasteiger partial charge in [-0.15, -0.1) is 22.7 Å². The molecule has 0 fully saturated rings. The largest absolute Gasteiger partial charge is 0.321 e. The molecule has 2 aromatic heterocycles. The molecule has 150 valence electrons. The van der Waals surface area contributed by atoms with Crippen molar-refractivity contribution in [2.75, 3.05) is 5.32 Å². The number of benzene rings is 3. The van der Waals surface area contributed by atoms with Gasteiger partial charge in [0.15, 0.2) is 0 Å². The molecule has 0 bridgehead atoms. The van der Waals surface area contributed by atoms with E-state index >= 15 is 0 Å². The number of nitrogens with one attached hydrogen (secondary N) is 1. The molecule has 0 atom stereocenters. The van der Waals surface area contributed by atoms with Crippen molar-refractivity contribution < 1.29 is 4.79 Å². The zero-order chi connectivity index (χ0) is 21.0. The molecule has 0 aliphatic heterocycles. The minimum atomic E-state index is -0.143. The maximum absolute atomic E-state index is 12.7. The van der Waals surface area contributed by atoms with Gasteiger partial charge in [-0.05, 0) is 60.7 Å². The molecular formula is C24H16N4OS2. The van der Waals surface area contributed by atoms with Crippen molar-refractivity contribution in [3.63, 3.8) is 0 Å². The van der Waals surface area contributed by atoms with Gasteiger partial charge in [0.1, 0.15) is 5.01 Å². The van der Waals surface area contributed by atoms with Crippen LogP contribution in [-0.4, -0.2) is 10.9 Å². The molecule has 2 heterocycles. The molecule has 0 aliphatic carbocycles. The molecule has 7 heteroatoms. The van der Waals surface area contributed by atoms with Crippen molar-refractivity contribution in [3.8, 4) is 9.88 Å². The Kier molecular flexibility index (Phi) is 5.35. The van der Waals surface area contributed by atoms with Gasteiger partial charge in [0, 0.05) is 5.69 Å². The van der Waals surface area contributed by atoms with Gasteiger partial charge in [-0.25, -0.2) is 4.98 Å². The number of anilines is 1. The molecule has 0 radical (unpaired) electrons. The van der Waals surface area contributed by atoms with Crippen molar-refractivity contribution in [1.82, 2.24) is 4.98 Å². The predicted molar refractivity (Wildman–Crippen MR) is 128 cm³/mol. The second-order valence-corrected chi connectivity index (χ2v) is 8.80. The fourth-order valence-corrected chi connectivity index (χ4v) is 4.89. The van der Waals surface area contributed by atoms with Crippen molar-refractivity contribution in [3.05, 3.63) is 95.9 Å². The van der Waals surface area contributed by atoms with E-state index in [2.05, 4.69) is 26.6 Å². The SMILES string of the molecule is O=C(Nc1ccc(N=Nc2ccccc2)cc1)c1ccc(-c2nc3ccccc3s2)s1. The summed E-state index contributed by atoms with van der Waals surface area (Å²) in [6, 6.07) is 28.7. The van der Waals surface area contributed by atoms with E-state index < -0.39 is 0 Å². The molecule has 0 saturated carbocycles. The third-order valence-electron chi connectivity index (χ3n) is 4.50. The van der Waals surface area contributed by atoms with Crippen LogP contribution in [0.5, 0.6) is 0 Å². The maximum Gasteiger partial charge on any atom is 0.265 e. The fourth-order valence-electron chi connectivity index (χ4n) is 2.97. The van der Waals surface area contributed by atoms with Gasteiger partial charge in [0.2, 0.25) is 0 Å². The summed E-state index contributed by atoms with van der Waals surface area (Å²) in [6.45, 7) is 0. The monoisotopic (exact) mass is 440 g/mol. The Bertz CT molecular complexity index is 1340. The van der Waals surface area contributed by atoms with Crippen LogP contribution in [0.2, 0.25) is 0 Å². The third-order valence-corrected chi connectivity index (χ3v) is 6.79. The molecule has 5 nitrogen and oxygen atoms in total. The number of hydrogen-bond donors (Lipinski definition) is 1. The average molecular weight is 441 g/mol. The van der Waals surface area contributed by atoms with Crippen molar-refractivity contribution in [1.29, 1.82) is 0 Å². The number of azo groups is 1. The van der Waals surface area contributed by atoms with Gasteiger partial charge >= 0.3 is 0 Å². The summed E-state index contributed by atoms with van der Waals surface area (Å²) in [7, 11) is 0. The fraction of sp³-hybridized carbons (Fsp3) is 0. The van der Waals surface area contributed by atoms with Gasteiger partial charge in [-0.1, -0.05) is 30.3 Å². The summed E-state index contributed by atoms with van der Waals surface area (Å²) >= 11 is 3.07. The number of carbonyl (C=O) groups is 1. The number of thiazole rings is 1. The van der Waals surface area contributed by atoms with E-state index in [1.165, 1.54) is 11.3 Å². The van der Waals surface area contributed by atoms with Crippen LogP contribution in [0.25, 0.3) is 20.1 Å². The lowest BCUT2D eigenvalue weighted by Crippen LogP contribution is -2.09. The van der Waals surface area contributed by atoms with Crippen LogP contribution in [0.15, 0.2) is 101 Å². The van der Waals surface area contributed by atoms with Crippen molar-refractivity contribution in [2.45, 2.75) is 0 Å². The average Bonchev–Trinajstić information content (AvgIpc) is 3.47. The van der Waals surface area contributed by atoms with Gasteiger partial charge in [-0.3, -0.25) is 4.79 Å². The summed E-state index contributed by atoms with van der Waals surface area (Å²) in [4.78, 5) is 19.0. The van der Waals surface area contributed by atoms with Crippen LogP contribution >= 0.6 is 22.7 Å². The molecule has 0 aliphatic rings. The number of aromatic nitrogens is 1. The third kappa shape index (κ3) is 4.42. The summed E-state index contributed by atoms with van der Waals surface area (Å²) < 4.78 is 1.14. The van der Waals surface area contributed by atoms with Gasteiger partial charge < -0.3 is 5.32 Å². The van der Waals surface area contributed by atoms with Gasteiger partial charge in [0.25, 0.3) is 5.91 Å². The summed E-state index contributed by atoms with van der Waals surface area (Å²) in [5.74, 6) is -0.143. The minimum absolute atomic E-state index is 0.143. The van der Waals surface area contributed by atoms with Crippen molar-refractivity contribution >= 4 is 55.9 Å². The van der Waals surface area contributed by atoms with Crippen LogP contribution < -0.4 is 5.32 Å². The first-order chi connectivity index (χ1) is 15.2. The molecular weight excluding hydrogens is 424 g/mol. The quantitative estimate of drug-likeness (QED) is 0.285. The molecule has 31 heavy (non-hydrogen) atoms. The topological polar surface area (TPSA) is 66.7 Å².